The number of hydrogen-bond acceptors (Lipinski definition) is 4. The first-order valence-electron chi connectivity index (χ1n) is 7.48. The zero-order valence-electron chi connectivity index (χ0n) is 13.1. The molecule has 0 unspecified atom stereocenters. The summed E-state index contributed by atoms with van der Waals surface area (Å²) >= 11 is 0. The number of nitrogens with zero attached hydrogens (tertiary/aromatic N) is 1. The van der Waals surface area contributed by atoms with Gasteiger partial charge >= 0.3 is 0 Å². The van der Waals surface area contributed by atoms with Crippen molar-refractivity contribution >= 4 is 0 Å². The van der Waals surface area contributed by atoms with E-state index in [1.165, 1.54) is 5.56 Å². The Morgan fingerprint density at radius 3 is 2.57 bits per heavy atom. The normalized spacial score (nSPS) is 11.0. The molecule has 1 aromatic carbocycles. The zero-order chi connectivity index (χ0) is 15.1. The summed E-state index contributed by atoms with van der Waals surface area (Å²) in [5.41, 5.74) is 2.16. The van der Waals surface area contributed by atoms with Crippen LogP contribution < -0.4 is 10.1 Å². The lowest BCUT2D eigenvalue weighted by Crippen LogP contribution is -2.12. The first kappa shape index (κ1) is 15.6. The highest BCUT2D eigenvalue weighted by Gasteiger charge is 2.01. The molecule has 21 heavy (non-hydrogen) atoms. The summed E-state index contributed by atoms with van der Waals surface area (Å²) < 4.78 is 10.7. The third-order valence-corrected chi connectivity index (χ3v) is 3.20. The van der Waals surface area contributed by atoms with Gasteiger partial charge in [0, 0.05) is 19.2 Å². The number of aromatic nitrogens is 1. The van der Waals surface area contributed by atoms with E-state index in [2.05, 4.69) is 36.5 Å². The van der Waals surface area contributed by atoms with Gasteiger partial charge in [0.2, 0.25) is 0 Å². The molecule has 1 heterocycles. The topological polar surface area (TPSA) is 47.3 Å². The summed E-state index contributed by atoms with van der Waals surface area (Å²) in [7, 11) is 0. The predicted octanol–water partition coefficient (Wildman–Crippen LogP) is 3.70. The maximum absolute atomic E-state index is 5.71. The highest BCUT2D eigenvalue weighted by atomic mass is 16.5. The fraction of sp³-hybridized carbons (Fsp3) is 0.471. The minimum Gasteiger partial charge on any atom is -0.494 e. The number of benzene rings is 1. The predicted molar refractivity (Wildman–Crippen MR) is 83.2 cm³/mol. The monoisotopic (exact) mass is 288 g/mol. The highest BCUT2D eigenvalue weighted by Crippen LogP contribution is 2.13. The first-order valence-corrected chi connectivity index (χ1v) is 7.48. The van der Waals surface area contributed by atoms with Crippen LogP contribution in [-0.2, 0) is 13.1 Å². The molecule has 0 fully saturated rings. The Morgan fingerprint density at radius 1 is 1.19 bits per heavy atom. The van der Waals surface area contributed by atoms with E-state index in [1.54, 1.807) is 0 Å². The van der Waals surface area contributed by atoms with Gasteiger partial charge in [-0.05, 0) is 37.0 Å². The molecule has 0 bridgehead atoms. The molecule has 0 amide bonds. The average molecular weight is 288 g/mol. The molecule has 0 aliphatic rings. The van der Waals surface area contributed by atoms with Gasteiger partial charge in [0.15, 0.2) is 0 Å². The summed E-state index contributed by atoms with van der Waals surface area (Å²) in [5.74, 6) is 2.45. The van der Waals surface area contributed by atoms with Crippen molar-refractivity contribution in [3.63, 3.8) is 0 Å². The quantitative estimate of drug-likeness (QED) is 0.804. The molecule has 0 aliphatic carbocycles. The van der Waals surface area contributed by atoms with Gasteiger partial charge in [0.1, 0.15) is 11.5 Å². The SMILES string of the molecule is Cc1cc(CNCc2ccc(OCCC(C)C)cc2)no1. The Kier molecular flexibility index (Phi) is 5.81. The lowest BCUT2D eigenvalue weighted by Gasteiger charge is -2.09. The van der Waals surface area contributed by atoms with Crippen molar-refractivity contribution in [1.82, 2.24) is 10.5 Å². The van der Waals surface area contributed by atoms with Crippen molar-refractivity contribution in [3.8, 4) is 5.75 Å². The van der Waals surface area contributed by atoms with Crippen LogP contribution in [-0.4, -0.2) is 11.8 Å². The lowest BCUT2D eigenvalue weighted by molar-refractivity contribution is 0.289. The summed E-state index contributed by atoms with van der Waals surface area (Å²) in [6.45, 7) is 8.60. The molecule has 0 radical (unpaired) electrons. The van der Waals surface area contributed by atoms with E-state index in [4.69, 9.17) is 9.26 Å². The van der Waals surface area contributed by atoms with Crippen molar-refractivity contribution in [2.45, 2.75) is 40.3 Å². The van der Waals surface area contributed by atoms with Gasteiger partial charge in [0.05, 0.1) is 12.3 Å². The van der Waals surface area contributed by atoms with E-state index in [9.17, 15) is 0 Å². The molecule has 0 saturated heterocycles. The van der Waals surface area contributed by atoms with Crippen molar-refractivity contribution in [2.75, 3.05) is 6.61 Å². The molecular formula is C17H24N2O2. The Morgan fingerprint density at radius 2 is 1.95 bits per heavy atom. The maximum atomic E-state index is 5.71. The summed E-state index contributed by atoms with van der Waals surface area (Å²) in [6, 6.07) is 10.2. The van der Waals surface area contributed by atoms with Crippen LogP contribution in [0.4, 0.5) is 0 Å². The molecule has 0 spiro atoms. The smallest absolute Gasteiger partial charge is 0.133 e. The standard InChI is InChI=1S/C17H24N2O2/c1-13(2)8-9-20-17-6-4-15(5-7-17)11-18-12-16-10-14(3)21-19-16/h4-7,10,13,18H,8-9,11-12H2,1-3H3. The van der Waals surface area contributed by atoms with Crippen LogP contribution in [0, 0.1) is 12.8 Å². The Labute approximate surface area is 126 Å². The summed E-state index contributed by atoms with van der Waals surface area (Å²) in [6.07, 6.45) is 1.08. The number of ether oxygens (including phenoxy) is 1. The molecule has 1 N–H and O–H groups in total. The molecule has 114 valence electrons. The van der Waals surface area contributed by atoms with Gasteiger partial charge in [-0.15, -0.1) is 0 Å². The number of aryl methyl sites for hydroxylation is 1. The zero-order valence-corrected chi connectivity index (χ0v) is 13.1. The minimum atomic E-state index is 0.675. The fourth-order valence-corrected chi connectivity index (χ4v) is 1.95. The number of nitrogens with one attached hydrogen (secondary N) is 1. The van der Waals surface area contributed by atoms with Crippen molar-refractivity contribution in [2.24, 2.45) is 5.92 Å². The van der Waals surface area contributed by atoms with E-state index in [1.807, 2.05) is 25.1 Å². The molecule has 0 saturated carbocycles. The van der Waals surface area contributed by atoms with Crippen molar-refractivity contribution < 1.29 is 9.26 Å². The van der Waals surface area contributed by atoms with E-state index in [0.29, 0.717) is 12.5 Å². The van der Waals surface area contributed by atoms with Crippen LogP contribution in [0.15, 0.2) is 34.9 Å². The van der Waals surface area contributed by atoms with Crippen molar-refractivity contribution in [1.29, 1.82) is 0 Å². The van der Waals surface area contributed by atoms with Gasteiger partial charge in [0.25, 0.3) is 0 Å². The van der Waals surface area contributed by atoms with Crippen LogP contribution in [0.25, 0.3) is 0 Å². The summed E-state index contributed by atoms with van der Waals surface area (Å²) in [4.78, 5) is 0. The summed E-state index contributed by atoms with van der Waals surface area (Å²) in [5, 5.41) is 7.30. The Hall–Kier alpha value is -1.81. The van der Waals surface area contributed by atoms with Gasteiger partial charge in [-0.25, -0.2) is 0 Å². The Bertz CT molecular complexity index is 532. The second-order valence-electron chi connectivity index (χ2n) is 5.71. The van der Waals surface area contributed by atoms with Crippen LogP contribution >= 0.6 is 0 Å². The molecule has 2 aromatic rings. The molecule has 0 aliphatic heterocycles. The second kappa shape index (κ2) is 7.84. The van der Waals surface area contributed by atoms with E-state index < -0.39 is 0 Å². The largest absolute Gasteiger partial charge is 0.494 e. The van der Waals surface area contributed by atoms with Crippen LogP contribution in [0.5, 0.6) is 5.75 Å². The maximum Gasteiger partial charge on any atom is 0.133 e. The van der Waals surface area contributed by atoms with Gasteiger partial charge < -0.3 is 14.6 Å². The lowest BCUT2D eigenvalue weighted by atomic mass is 10.1. The average Bonchev–Trinajstić information content (AvgIpc) is 2.86. The van der Waals surface area contributed by atoms with Crippen LogP contribution in [0.3, 0.4) is 0 Å². The molecule has 2 rings (SSSR count). The van der Waals surface area contributed by atoms with E-state index >= 15 is 0 Å². The minimum absolute atomic E-state index is 0.675. The molecular weight excluding hydrogens is 264 g/mol. The molecule has 4 heteroatoms. The van der Waals surface area contributed by atoms with Crippen LogP contribution in [0.2, 0.25) is 0 Å². The van der Waals surface area contributed by atoms with Gasteiger partial charge in [-0.2, -0.15) is 0 Å². The van der Waals surface area contributed by atoms with Crippen LogP contribution in [0.1, 0.15) is 37.3 Å². The van der Waals surface area contributed by atoms with Crippen molar-refractivity contribution in [3.05, 3.63) is 47.3 Å². The highest BCUT2D eigenvalue weighted by molar-refractivity contribution is 5.27. The molecule has 4 nitrogen and oxygen atoms in total. The third kappa shape index (κ3) is 5.60. The third-order valence-electron chi connectivity index (χ3n) is 3.20. The van der Waals surface area contributed by atoms with Gasteiger partial charge in [-0.3, -0.25) is 0 Å². The van der Waals surface area contributed by atoms with E-state index in [0.717, 1.165) is 36.8 Å². The fourth-order valence-electron chi connectivity index (χ4n) is 1.95. The Balaban J connectivity index is 1.72. The second-order valence-corrected chi connectivity index (χ2v) is 5.71. The molecule has 1 aromatic heterocycles. The van der Waals surface area contributed by atoms with E-state index in [-0.39, 0.29) is 0 Å². The number of rotatable bonds is 8. The molecule has 0 atom stereocenters. The first-order chi connectivity index (χ1) is 10.1. The van der Waals surface area contributed by atoms with Gasteiger partial charge in [-0.1, -0.05) is 31.1 Å². The number of hydrogen-bond donors (Lipinski definition) is 1.